The number of thiophene rings is 1. The second-order valence-corrected chi connectivity index (χ2v) is 9.04. The fourth-order valence-corrected chi connectivity index (χ4v) is 4.88. The van der Waals surface area contributed by atoms with Crippen LogP contribution in [0.5, 0.6) is 0 Å². The molecule has 0 radical (unpaired) electrons. The predicted octanol–water partition coefficient (Wildman–Crippen LogP) is 8.01. The average molecular weight is 461 g/mol. The maximum atomic E-state index is 13.2. The largest absolute Gasteiger partial charge is 0.320 e. The maximum Gasteiger partial charge on any atom is 0.266 e. The molecular weight excluding hydrogens is 445 g/mol. The molecule has 4 aromatic rings. The van der Waals surface area contributed by atoms with Gasteiger partial charge in [0.15, 0.2) is 0 Å². The van der Waals surface area contributed by atoms with E-state index in [0.29, 0.717) is 32.1 Å². The number of halogens is 3. The van der Waals surface area contributed by atoms with E-state index in [1.807, 2.05) is 18.2 Å². The predicted molar refractivity (Wildman–Crippen MR) is 125 cm³/mol. The van der Waals surface area contributed by atoms with Crippen molar-refractivity contribution in [2.24, 2.45) is 0 Å². The Bertz CT molecular complexity index is 1220. The molecule has 1 aromatic heterocycles. The molecule has 0 fully saturated rings. The van der Waals surface area contributed by atoms with E-state index >= 15 is 0 Å². The number of amides is 1. The third-order valence-corrected chi connectivity index (χ3v) is 6.91. The summed E-state index contributed by atoms with van der Waals surface area (Å²) in [6, 6.07) is 19.5. The number of anilines is 1. The molecule has 0 aliphatic carbocycles. The highest BCUT2D eigenvalue weighted by molar-refractivity contribution is 7.21. The van der Waals surface area contributed by atoms with E-state index in [1.165, 1.54) is 23.0 Å². The van der Waals surface area contributed by atoms with E-state index < -0.39 is 0 Å². The zero-order valence-electron chi connectivity index (χ0n) is 15.4. The fraction of sp³-hybridized carbons (Fsp3) is 0.0870. The molecule has 146 valence electrons. The van der Waals surface area contributed by atoms with Gasteiger partial charge < -0.3 is 5.32 Å². The molecular formula is C23H16Cl3NOS. The Morgan fingerprint density at radius 3 is 2.38 bits per heavy atom. The van der Waals surface area contributed by atoms with Crippen LogP contribution in [0.4, 0.5) is 5.69 Å². The Morgan fingerprint density at radius 1 is 0.931 bits per heavy atom. The number of nitrogens with one attached hydrogen (secondary N) is 1. The van der Waals surface area contributed by atoms with Crippen LogP contribution < -0.4 is 5.32 Å². The van der Waals surface area contributed by atoms with Gasteiger partial charge in [-0.1, -0.05) is 82.8 Å². The number of benzene rings is 3. The van der Waals surface area contributed by atoms with Crippen LogP contribution in [0.3, 0.4) is 0 Å². The van der Waals surface area contributed by atoms with Crippen LogP contribution in [0.15, 0.2) is 60.7 Å². The smallest absolute Gasteiger partial charge is 0.266 e. The minimum atomic E-state index is -0.214. The molecule has 0 aliphatic heterocycles. The zero-order valence-corrected chi connectivity index (χ0v) is 18.5. The highest BCUT2D eigenvalue weighted by Gasteiger charge is 2.20. The van der Waals surface area contributed by atoms with Gasteiger partial charge in [0, 0.05) is 4.70 Å². The quantitative estimate of drug-likeness (QED) is 0.307. The molecule has 3 aromatic carbocycles. The number of fused-ring (bicyclic) bond motifs is 1. The number of carbonyl (C=O) groups excluding carboxylic acids is 1. The summed E-state index contributed by atoms with van der Waals surface area (Å²) in [5, 5.41) is 5.00. The maximum absolute atomic E-state index is 13.2. The highest BCUT2D eigenvalue weighted by atomic mass is 35.5. The normalized spacial score (nSPS) is 11.0. The summed E-state index contributed by atoms with van der Waals surface area (Å²) in [5.41, 5.74) is 3.80. The SMILES string of the molecule is Cc1ccc(Cc2c(C(=O)Nc3cc(Cl)c(Cl)cc3Cl)sc3ccccc23)cc1. The van der Waals surface area contributed by atoms with Gasteiger partial charge >= 0.3 is 0 Å². The Balaban J connectivity index is 1.74. The molecule has 1 heterocycles. The van der Waals surface area contributed by atoms with E-state index in [4.69, 9.17) is 34.8 Å². The topological polar surface area (TPSA) is 29.1 Å². The van der Waals surface area contributed by atoms with Gasteiger partial charge in [0.05, 0.1) is 25.6 Å². The van der Waals surface area contributed by atoms with Crippen molar-refractivity contribution in [3.05, 3.63) is 97.3 Å². The van der Waals surface area contributed by atoms with E-state index in [9.17, 15) is 4.79 Å². The summed E-state index contributed by atoms with van der Waals surface area (Å²) in [6.45, 7) is 2.06. The van der Waals surface area contributed by atoms with Crippen molar-refractivity contribution in [2.45, 2.75) is 13.3 Å². The minimum absolute atomic E-state index is 0.214. The molecule has 0 bridgehead atoms. The van der Waals surface area contributed by atoms with Crippen LogP contribution in [-0.4, -0.2) is 5.91 Å². The first-order chi connectivity index (χ1) is 13.9. The van der Waals surface area contributed by atoms with Crippen molar-refractivity contribution in [1.29, 1.82) is 0 Å². The third-order valence-electron chi connectivity index (χ3n) is 4.66. The van der Waals surface area contributed by atoms with E-state index in [0.717, 1.165) is 21.2 Å². The van der Waals surface area contributed by atoms with Gasteiger partial charge in [-0.15, -0.1) is 11.3 Å². The molecule has 4 rings (SSSR count). The number of rotatable bonds is 4. The van der Waals surface area contributed by atoms with Gasteiger partial charge in [-0.25, -0.2) is 0 Å². The van der Waals surface area contributed by atoms with Crippen molar-refractivity contribution in [1.82, 2.24) is 0 Å². The van der Waals surface area contributed by atoms with Crippen LogP contribution in [-0.2, 0) is 6.42 Å². The lowest BCUT2D eigenvalue weighted by Gasteiger charge is -2.10. The molecule has 0 saturated heterocycles. The Hall–Kier alpha value is -2.04. The van der Waals surface area contributed by atoms with Gasteiger partial charge in [0.25, 0.3) is 5.91 Å². The van der Waals surface area contributed by atoms with Gasteiger partial charge in [-0.2, -0.15) is 0 Å². The third kappa shape index (κ3) is 4.29. The zero-order chi connectivity index (χ0) is 20.5. The second kappa shape index (κ2) is 8.37. The highest BCUT2D eigenvalue weighted by Crippen LogP contribution is 2.36. The number of aryl methyl sites for hydroxylation is 1. The lowest BCUT2D eigenvalue weighted by Crippen LogP contribution is -2.13. The van der Waals surface area contributed by atoms with Crippen molar-refractivity contribution in [3.8, 4) is 0 Å². The molecule has 1 amide bonds. The van der Waals surface area contributed by atoms with Crippen molar-refractivity contribution >= 4 is 67.8 Å². The molecule has 0 aliphatic rings. The van der Waals surface area contributed by atoms with E-state index in [1.54, 1.807) is 6.07 Å². The summed E-state index contributed by atoms with van der Waals surface area (Å²) in [4.78, 5) is 13.8. The van der Waals surface area contributed by atoms with Crippen LogP contribution in [0.1, 0.15) is 26.4 Å². The molecule has 0 unspecified atom stereocenters. The Kier molecular flexibility index (Phi) is 5.84. The Morgan fingerprint density at radius 2 is 1.62 bits per heavy atom. The average Bonchev–Trinajstić information content (AvgIpc) is 3.06. The van der Waals surface area contributed by atoms with Crippen molar-refractivity contribution in [2.75, 3.05) is 5.32 Å². The Labute approximate surface area is 188 Å². The molecule has 1 N–H and O–H groups in total. The standard InChI is InChI=1S/C23H16Cl3NOS/c1-13-6-8-14(9-7-13)10-16-15-4-2-3-5-21(15)29-22(16)23(28)27-20-12-18(25)17(24)11-19(20)26/h2-9,11-12H,10H2,1H3,(H,27,28). The lowest BCUT2D eigenvalue weighted by atomic mass is 10.0. The summed E-state index contributed by atoms with van der Waals surface area (Å²) in [5.74, 6) is -0.214. The first-order valence-electron chi connectivity index (χ1n) is 8.94. The van der Waals surface area contributed by atoms with Gasteiger partial charge in [0.1, 0.15) is 0 Å². The number of carbonyl (C=O) groups is 1. The summed E-state index contributed by atoms with van der Waals surface area (Å²) in [7, 11) is 0. The first-order valence-corrected chi connectivity index (χ1v) is 10.9. The summed E-state index contributed by atoms with van der Waals surface area (Å²) < 4.78 is 1.07. The van der Waals surface area contributed by atoms with Crippen molar-refractivity contribution in [3.63, 3.8) is 0 Å². The lowest BCUT2D eigenvalue weighted by molar-refractivity contribution is 0.103. The second-order valence-electron chi connectivity index (χ2n) is 6.77. The molecule has 6 heteroatoms. The van der Waals surface area contributed by atoms with Crippen LogP contribution in [0.2, 0.25) is 15.1 Å². The molecule has 0 spiro atoms. The fourth-order valence-electron chi connectivity index (χ4n) is 3.17. The monoisotopic (exact) mass is 459 g/mol. The molecule has 0 atom stereocenters. The number of hydrogen-bond donors (Lipinski definition) is 1. The summed E-state index contributed by atoms with van der Waals surface area (Å²) in [6.07, 6.45) is 0.669. The van der Waals surface area contributed by atoms with Crippen LogP contribution in [0.25, 0.3) is 10.1 Å². The van der Waals surface area contributed by atoms with Crippen molar-refractivity contribution < 1.29 is 4.79 Å². The minimum Gasteiger partial charge on any atom is -0.320 e. The first kappa shape index (κ1) is 20.2. The molecule has 2 nitrogen and oxygen atoms in total. The molecule has 29 heavy (non-hydrogen) atoms. The van der Waals surface area contributed by atoms with E-state index in [2.05, 4.69) is 42.6 Å². The van der Waals surface area contributed by atoms with Gasteiger partial charge in [-0.3, -0.25) is 4.79 Å². The summed E-state index contributed by atoms with van der Waals surface area (Å²) >= 11 is 19.8. The van der Waals surface area contributed by atoms with Gasteiger partial charge in [0.2, 0.25) is 0 Å². The number of hydrogen-bond acceptors (Lipinski definition) is 2. The van der Waals surface area contributed by atoms with Crippen LogP contribution >= 0.6 is 46.1 Å². The molecule has 0 saturated carbocycles. The van der Waals surface area contributed by atoms with Gasteiger partial charge in [-0.05, 0) is 48.1 Å². The van der Waals surface area contributed by atoms with Crippen LogP contribution in [0, 0.1) is 6.92 Å². The van der Waals surface area contributed by atoms with E-state index in [-0.39, 0.29) is 5.91 Å².